The highest BCUT2D eigenvalue weighted by molar-refractivity contribution is 9.09. The SMILES string of the molecule is O=[N+]([O-])c1ccc(CO)c(OCCBr)c1. The fourth-order valence-corrected chi connectivity index (χ4v) is 1.23. The van der Waals surface area contributed by atoms with E-state index in [1.807, 2.05) is 0 Å². The third-order valence-electron chi connectivity index (χ3n) is 1.77. The van der Waals surface area contributed by atoms with Gasteiger partial charge in [0, 0.05) is 17.0 Å². The number of benzene rings is 1. The van der Waals surface area contributed by atoms with Crippen molar-refractivity contribution in [2.45, 2.75) is 6.61 Å². The Morgan fingerprint density at radius 2 is 2.27 bits per heavy atom. The zero-order valence-corrected chi connectivity index (χ0v) is 9.44. The molecule has 0 aliphatic heterocycles. The Bertz CT molecular complexity index is 356. The van der Waals surface area contributed by atoms with E-state index in [1.165, 1.54) is 18.2 Å². The van der Waals surface area contributed by atoms with Crippen molar-refractivity contribution in [2.75, 3.05) is 11.9 Å². The molecule has 0 bridgehead atoms. The van der Waals surface area contributed by atoms with E-state index in [0.29, 0.717) is 23.2 Å². The van der Waals surface area contributed by atoms with Gasteiger partial charge in [-0.05, 0) is 6.07 Å². The summed E-state index contributed by atoms with van der Waals surface area (Å²) < 4.78 is 5.26. The maximum absolute atomic E-state index is 10.5. The molecule has 0 spiro atoms. The van der Waals surface area contributed by atoms with Crippen LogP contribution in [0.15, 0.2) is 18.2 Å². The van der Waals surface area contributed by atoms with Gasteiger partial charge in [0.15, 0.2) is 0 Å². The van der Waals surface area contributed by atoms with E-state index in [4.69, 9.17) is 9.84 Å². The van der Waals surface area contributed by atoms with E-state index in [2.05, 4.69) is 15.9 Å². The Kier molecular flexibility index (Phi) is 4.51. The Labute approximate surface area is 95.0 Å². The molecule has 0 radical (unpaired) electrons. The smallest absolute Gasteiger partial charge is 0.273 e. The van der Waals surface area contributed by atoms with Crippen LogP contribution in [0.3, 0.4) is 0 Å². The highest BCUT2D eigenvalue weighted by atomic mass is 79.9. The predicted octanol–water partition coefficient (Wildman–Crippen LogP) is 1.86. The van der Waals surface area contributed by atoms with Crippen molar-refractivity contribution in [3.8, 4) is 5.75 Å². The van der Waals surface area contributed by atoms with Crippen molar-refractivity contribution >= 4 is 21.6 Å². The Morgan fingerprint density at radius 3 is 2.80 bits per heavy atom. The van der Waals surface area contributed by atoms with Gasteiger partial charge in [-0.25, -0.2) is 0 Å². The van der Waals surface area contributed by atoms with E-state index in [9.17, 15) is 10.1 Å². The average molecular weight is 276 g/mol. The van der Waals surface area contributed by atoms with Crippen LogP contribution >= 0.6 is 15.9 Å². The van der Waals surface area contributed by atoms with E-state index in [0.717, 1.165) is 0 Å². The molecule has 0 atom stereocenters. The fourth-order valence-electron chi connectivity index (χ4n) is 1.07. The normalized spacial score (nSPS) is 10.0. The summed E-state index contributed by atoms with van der Waals surface area (Å²) in [5.74, 6) is 0.353. The molecule has 15 heavy (non-hydrogen) atoms. The van der Waals surface area contributed by atoms with Gasteiger partial charge in [0.25, 0.3) is 5.69 Å². The highest BCUT2D eigenvalue weighted by Crippen LogP contribution is 2.24. The van der Waals surface area contributed by atoms with Crippen molar-refractivity contribution in [1.82, 2.24) is 0 Å². The molecule has 0 aromatic heterocycles. The third kappa shape index (κ3) is 3.17. The molecule has 1 rings (SSSR count). The molecular formula is C9H10BrNO4. The van der Waals surface area contributed by atoms with Crippen LogP contribution in [0.1, 0.15) is 5.56 Å². The number of halogens is 1. The van der Waals surface area contributed by atoms with Gasteiger partial charge in [0.1, 0.15) is 5.75 Å². The first-order valence-electron chi connectivity index (χ1n) is 4.26. The number of nitro groups is 1. The summed E-state index contributed by atoms with van der Waals surface area (Å²) in [6, 6.07) is 4.14. The lowest BCUT2D eigenvalue weighted by Crippen LogP contribution is -2.02. The average Bonchev–Trinajstić information content (AvgIpc) is 2.25. The van der Waals surface area contributed by atoms with E-state index < -0.39 is 4.92 Å². The molecule has 0 saturated heterocycles. The minimum absolute atomic E-state index is 0.0447. The number of rotatable bonds is 5. The van der Waals surface area contributed by atoms with Crippen LogP contribution in [0, 0.1) is 10.1 Å². The number of nitrogens with zero attached hydrogens (tertiary/aromatic N) is 1. The monoisotopic (exact) mass is 275 g/mol. The number of non-ortho nitro benzene ring substituents is 1. The number of hydrogen-bond donors (Lipinski definition) is 1. The molecule has 5 nitrogen and oxygen atoms in total. The summed E-state index contributed by atoms with van der Waals surface area (Å²) in [5, 5.41) is 20.1. The first kappa shape index (κ1) is 11.9. The molecule has 0 aliphatic rings. The molecule has 0 aliphatic carbocycles. The van der Waals surface area contributed by atoms with Gasteiger partial charge in [0.05, 0.1) is 24.2 Å². The zero-order chi connectivity index (χ0) is 11.3. The summed E-state index contributed by atoms with van der Waals surface area (Å²) in [5.41, 5.74) is 0.498. The maximum atomic E-state index is 10.5. The van der Waals surface area contributed by atoms with Gasteiger partial charge in [-0.3, -0.25) is 10.1 Å². The molecule has 1 aromatic rings. The molecule has 82 valence electrons. The topological polar surface area (TPSA) is 72.6 Å². The number of aliphatic hydroxyl groups is 1. The number of ether oxygens (including phenoxy) is 1. The van der Waals surface area contributed by atoms with Crippen LogP contribution in [0.5, 0.6) is 5.75 Å². The number of nitro benzene ring substituents is 1. The van der Waals surface area contributed by atoms with Gasteiger partial charge in [-0.2, -0.15) is 0 Å². The molecule has 0 heterocycles. The standard InChI is InChI=1S/C9H10BrNO4/c10-3-4-15-9-5-8(11(13)14)2-1-7(9)6-12/h1-2,5,12H,3-4,6H2. The van der Waals surface area contributed by atoms with Crippen molar-refractivity contribution in [1.29, 1.82) is 0 Å². The second-order valence-corrected chi connectivity index (χ2v) is 3.54. The second kappa shape index (κ2) is 5.67. The first-order chi connectivity index (χ1) is 7.19. The zero-order valence-electron chi connectivity index (χ0n) is 7.85. The summed E-state index contributed by atoms with van der Waals surface area (Å²) >= 11 is 3.18. The molecule has 0 saturated carbocycles. The summed E-state index contributed by atoms with van der Waals surface area (Å²) in [6.45, 7) is 0.198. The lowest BCUT2D eigenvalue weighted by atomic mass is 10.2. The van der Waals surface area contributed by atoms with Crippen LogP contribution in [0.25, 0.3) is 0 Å². The van der Waals surface area contributed by atoms with Gasteiger partial charge >= 0.3 is 0 Å². The lowest BCUT2D eigenvalue weighted by molar-refractivity contribution is -0.385. The minimum Gasteiger partial charge on any atom is -0.492 e. The summed E-state index contributed by atoms with van der Waals surface area (Å²) in [7, 11) is 0. The van der Waals surface area contributed by atoms with Crippen molar-refractivity contribution in [3.63, 3.8) is 0 Å². The van der Waals surface area contributed by atoms with Gasteiger partial charge in [-0.15, -0.1) is 0 Å². The van der Waals surface area contributed by atoms with E-state index >= 15 is 0 Å². The van der Waals surface area contributed by atoms with Crippen molar-refractivity contribution < 1.29 is 14.8 Å². The lowest BCUT2D eigenvalue weighted by Gasteiger charge is -2.08. The van der Waals surface area contributed by atoms with Gasteiger partial charge in [-0.1, -0.05) is 15.9 Å². The van der Waals surface area contributed by atoms with Crippen molar-refractivity contribution in [2.24, 2.45) is 0 Å². The van der Waals surface area contributed by atoms with Crippen LogP contribution in [-0.2, 0) is 6.61 Å². The third-order valence-corrected chi connectivity index (χ3v) is 2.09. The Hall–Kier alpha value is -1.14. The predicted molar refractivity (Wildman–Crippen MR) is 58.3 cm³/mol. The fraction of sp³-hybridized carbons (Fsp3) is 0.333. The molecule has 6 heteroatoms. The van der Waals surface area contributed by atoms with E-state index in [1.54, 1.807) is 0 Å². The molecule has 0 unspecified atom stereocenters. The minimum atomic E-state index is -0.498. The Balaban J connectivity index is 2.96. The van der Waals surface area contributed by atoms with Crippen LogP contribution in [0.2, 0.25) is 0 Å². The molecule has 0 fully saturated rings. The Morgan fingerprint density at radius 1 is 1.53 bits per heavy atom. The molecule has 1 aromatic carbocycles. The van der Waals surface area contributed by atoms with Gasteiger partial charge in [0.2, 0.25) is 0 Å². The molecular weight excluding hydrogens is 266 g/mol. The quantitative estimate of drug-likeness (QED) is 0.506. The molecule has 0 amide bonds. The van der Waals surface area contributed by atoms with Crippen LogP contribution in [-0.4, -0.2) is 22.0 Å². The number of hydrogen-bond acceptors (Lipinski definition) is 4. The molecule has 1 N–H and O–H groups in total. The summed E-state index contributed by atoms with van der Waals surface area (Å²) in [4.78, 5) is 10.0. The maximum Gasteiger partial charge on any atom is 0.273 e. The second-order valence-electron chi connectivity index (χ2n) is 2.74. The number of aliphatic hydroxyl groups excluding tert-OH is 1. The van der Waals surface area contributed by atoms with Gasteiger partial charge < -0.3 is 9.84 Å². The van der Waals surface area contributed by atoms with Crippen LogP contribution < -0.4 is 4.74 Å². The van der Waals surface area contributed by atoms with E-state index in [-0.39, 0.29) is 12.3 Å². The van der Waals surface area contributed by atoms with Crippen molar-refractivity contribution in [3.05, 3.63) is 33.9 Å². The van der Waals surface area contributed by atoms with Crippen LogP contribution in [0.4, 0.5) is 5.69 Å². The highest BCUT2D eigenvalue weighted by Gasteiger charge is 2.10. The number of alkyl halides is 1. The largest absolute Gasteiger partial charge is 0.492 e. The summed E-state index contributed by atoms with van der Waals surface area (Å²) in [6.07, 6.45) is 0. The first-order valence-corrected chi connectivity index (χ1v) is 5.38.